The van der Waals surface area contributed by atoms with Crippen molar-refractivity contribution >= 4 is 36.1 Å². The first-order chi connectivity index (χ1) is 5.56. The summed E-state index contributed by atoms with van der Waals surface area (Å²) in [4.78, 5) is 11.2. The molecule has 0 amide bonds. The molecule has 1 rings (SSSR count). The summed E-state index contributed by atoms with van der Waals surface area (Å²) in [5.41, 5.74) is -0.352. The van der Waals surface area contributed by atoms with Crippen molar-refractivity contribution in [2.75, 3.05) is 0 Å². The molecule has 12 heavy (non-hydrogen) atoms. The van der Waals surface area contributed by atoms with Gasteiger partial charge in [0, 0.05) is 27.6 Å². The lowest BCUT2D eigenvalue weighted by molar-refractivity contribution is -0.146. The smallest absolute Gasteiger partial charge is 0.312 e. The molecule has 1 heterocycles. The van der Waals surface area contributed by atoms with Gasteiger partial charge in [-0.05, 0) is 34.0 Å². The van der Waals surface area contributed by atoms with Crippen LogP contribution in [0.3, 0.4) is 0 Å². The average Bonchev–Trinajstić information content (AvgIpc) is 2.22. The Kier molecular flexibility index (Phi) is 3.29. The Balaban J connectivity index is 2.61. The van der Waals surface area contributed by atoms with Crippen LogP contribution >= 0.6 is 30.1 Å². The van der Waals surface area contributed by atoms with Gasteiger partial charge in [0.1, 0.15) is 0 Å². The highest BCUT2D eigenvalue weighted by molar-refractivity contribution is 14.2. The second-order valence-electron chi connectivity index (χ2n) is 3.31. The summed E-state index contributed by atoms with van der Waals surface area (Å²) in [7, 11) is 1.41. The van der Waals surface area contributed by atoms with E-state index < -0.39 is 0 Å². The number of hydrogen-bond acceptors (Lipinski definition) is 3. The fraction of sp³-hybridized carbons (Fsp3) is 0.625. The van der Waals surface area contributed by atoms with E-state index >= 15 is 0 Å². The Hall–Kier alpha value is 0.110. The summed E-state index contributed by atoms with van der Waals surface area (Å²) in [6.45, 7) is 3.77. The molecule has 1 unspecified atom stereocenters. The highest BCUT2D eigenvalue weighted by atomic mass is 127. The maximum Gasteiger partial charge on any atom is 0.312 e. The maximum atomic E-state index is 11.2. The first kappa shape index (κ1) is 10.2. The van der Waals surface area contributed by atoms with E-state index in [0.29, 0.717) is 6.42 Å². The van der Waals surface area contributed by atoms with Crippen LogP contribution in [0.2, 0.25) is 0 Å². The van der Waals surface area contributed by atoms with Crippen LogP contribution in [0.4, 0.5) is 0 Å². The predicted molar refractivity (Wildman–Crippen MR) is 57.7 cm³/mol. The molecule has 2 nitrogen and oxygen atoms in total. The summed E-state index contributed by atoms with van der Waals surface area (Å²) in [6, 6.07) is 0. The number of esters is 1. The van der Waals surface area contributed by atoms with Crippen LogP contribution in [-0.2, 0) is 9.53 Å². The van der Waals surface area contributed by atoms with Crippen LogP contribution in [-0.4, -0.2) is 12.1 Å². The van der Waals surface area contributed by atoms with Gasteiger partial charge in [-0.15, -0.1) is 0 Å². The third kappa shape index (κ3) is 2.30. The molecule has 1 aliphatic heterocycles. The summed E-state index contributed by atoms with van der Waals surface area (Å²) < 4.78 is 5.05. The topological polar surface area (TPSA) is 26.3 Å². The maximum absolute atomic E-state index is 11.2. The predicted octanol–water partition coefficient (Wildman–Crippen LogP) is 2.37. The van der Waals surface area contributed by atoms with Crippen molar-refractivity contribution in [3.8, 4) is 11.2 Å². The van der Waals surface area contributed by atoms with Crippen molar-refractivity contribution in [1.82, 2.24) is 0 Å². The largest absolute Gasteiger partial charge is 0.449 e. The lowest BCUT2D eigenvalue weighted by atomic mass is 9.90. The van der Waals surface area contributed by atoms with Gasteiger partial charge in [-0.1, -0.05) is 0 Å². The minimum absolute atomic E-state index is 0.139. The zero-order chi connectivity index (χ0) is 9.19. The Morgan fingerprint density at radius 3 is 2.83 bits per heavy atom. The first-order valence-corrected chi connectivity index (χ1v) is 6.91. The van der Waals surface area contributed by atoms with E-state index in [9.17, 15) is 4.79 Å². The molecular weight excluding hydrogens is 287 g/mol. The fourth-order valence-electron chi connectivity index (χ4n) is 1.05. The Morgan fingerprint density at radius 1 is 1.75 bits per heavy atom. The van der Waals surface area contributed by atoms with Gasteiger partial charge in [0.05, 0.1) is 5.41 Å². The van der Waals surface area contributed by atoms with Gasteiger partial charge in [-0.25, -0.2) is 0 Å². The molecule has 0 aromatic carbocycles. The highest BCUT2D eigenvalue weighted by Crippen LogP contribution is 2.32. The van der Waals surface area contributed by atoms with Gasteiger partial charge in [0.25, 0.3) is 0 Å². The van der Waals surface area contributed by atoms with E-state index in [2.05, 4.69) is 32.4 Å². The fourth-order valence-corrected chi connectivity index (χ4v) is 1.60. The van der Waals surface area contributed by atoms with E-state index in [4.69, 9.17) is 4.74 Å². The minimum atomic E-state index is -0.352. The number of rotatable bonds is 0. The van der Waals surface area contributed by atoms with E-state index in [1.165, 1.54) is 8.93 Å². The number of cyclic esters (lactones) is 1. The second kappa shape index (κ2) is 3.88. The SMILES string of the molecule is CC1(C)CC(C#CSI)OC1=O. The number of hydrogen-bond donors (Lipinski definition) is 0. The molecule has 0 aliphatic carbocycles. The molecule has 0 aromatic heterocycles. The quantitative estimate of drug-likeness (QED) is 0.390. The molecule has 0 aromatic rings. The van der Waals surface area contributed by atoms with Crippen molar-refractivity contribution in [1.29, 1.82) is 0 Å². The van der Waals surface area contributed by atoms with E-state index in [1.807, 2.05) is 13.8 Å². The molecule has 66 valence electrons. The molecule has 0 saturated carbocycles. The number of ether oxygens (including phenoxy) is 1. The Labute approximate surface area is 88.4 Å². The Bertz CT molecular complexity index is 252. The van der Waals surface area contributed by atoms with Crippen LogP contribution in [0.5, 0.6) is 0 Å². The molecule has 0 N–H and O–H groups in total. The van der Waals surface area contributed by atoms with Crippen molar-refractivity contribution < 1.29 is 9.53 Å². The zero-order valence-corrected chi connectivity index (χ0v) is 9.86. The monoisotopic (exact) mass is 296 g/mol. The third-order valence-corrected chi connectivity index (χ3v) is 2.61. The van der Waals surface area contributed by atoms with Crippen LogP contribution in [0.15, 0.2) is 0 Å². The number of carbonyl (C=O) groups excluding carboxylic acids is 1. The molecule has 0 spiro atoms. The number of halogens is 1. The van der Waals surface area contributed by atoms with Crippen LogP contribution in [0.1, 0.15) is 20.3 Å². The summed E-state index contributed by atoms with van der Waals surface area (Å²) >= 11 is 2.09. The molecule has 1 aliphatic rings. The standard InChI is InChI=1S/C8H9IO2S/c1-8(2)5-6(3-4-12-9)11-7(8)10/h6H,5H2,1-2H3. The lowest BCUT2D eigenvalue weighted by Gasteiger charge is -2.08. The molecular formula is C8H9IO2S. The van der Waals surface area contributed by atoms with Gasteiger partial charge in [0.2, 0.25) is 0 Å². The van der Waals surface area contributed by atoms with Crippen molar-refractivity contribution in [2.24, 2.45) is 5.41 Å². The van der Waals surface area contributed by atoms with Gasteiger partial charge < -0.3 is 4.74 Å². The normalized spacial score (nSPS) is 25.9. The first-order valence-electron chi connectivity index (χ1n) is 3.55. The van der Waals surface area contributed by atoms with Gasteiger partial charge >= 0.3 is 5.97 Å². The molecule has 0 radical (unpaired) electrons. The van der Waals surface area contributed by atoms with Crippen LogP contribution in [0.25, 0.3) is 0 Å². The second-order valence-corrected chi connectivity index (χ2v) is 4.99. The van der Waals surface area contributed by atoms with Crippen molar-refractivity contribution in [3.05, 3.63) is 0 Å². The zero-order valence-electron chi connectivity index (χ0n) is 6.89. The summed E-state index contributed by atoms with van der Waals surface area (Å²) in [5, 5.41) is 2.82. The van der Waals surface area contributed by atoms with Crippen LogP contribution < -0.4 is 0 Å². The van der Waals surface area contributed by atoms with Gasteiger partial charge in [-0.3, -0.25) is 4.79 Å². The third-order valence-electron chi connectivity index (χ3n) is 1.76. The van der Waals surface area contributed by atoms with Crippen molar-refractivity contribution in [2.45, 2.75) is 26.4 Å². The van der Waals surface area contributed by atoms with Crippen molar-refractivity contribution in [3.63, 3.8) is 0 Å². The molecule has 1 atom stereocenters. The highest BCUT2D eigenvalue weighted by Gasteiger charge is 2.40. The Morgan fingerprint density at radius 2 is 2.42 bits per heavy atom. The van der Waals surface area contributed by atoms with E-state index in [0.717, 1.165) is 0 Å². The van der Waals surface area contributed by atoms with Crippen LogP contribution in [0, 0.1) is 16.6 Å². The van der Waals surface area contributed by atoms with E-state index in [-0.39, 0.29) is 17.5 Å². The summed E-state index contributed by atoms with van der Waals surface area (Å²) in [5.74, 6) is 2.74. The molecule has 0 bridgehead atoms. The number of carbonyl (C=O) groups is 1. The van der Waals surface area contributed by atoms with Gasteiger partial charge in [-0.2, -0.15) is 0 Å². The lowest BCUT2D eigenvalue weighted by Crippen LogP contribution is -2.16. The molecule has 1 fully saturated rings. The summed E-state index contributed by atoms with van der Waals surface area (Å²) in [6.07, 6.45) is 0.505. The average molecular weight is 296 g/mol. The van der Waals surface area contributed by atoms with E-state index in [1.54, 1.807) is 0 Å². The molecule has 4 heteroatoms. The molecule has 1 saturated heterocycles. The minimum Gasteiger partial charge on any atom is -0.449 e. The van der Waals surface area contributed by atoms with Gasteiger partial charge in [0.15, 0.2) is 6.10 Å².